The van der Waals surface area contributed by atoms with Crippen LogP contribution in [0, 0.1) is 0 Å². The second-order valence-electron chi connectivity index (χ2n) is 6.53. The number of anilines is 1. The van der Waals surface area contributed by atoms with E-state index in [1.54, 1.807) is 0 Å². The Bertz CT molecular complexity index is 746. The monoisotopic (exact) mass is 427 g/mol. The molecule has 1 aromatic heterocycles. The van der Waals surface area contributed by atoms with Gasteiger partial charge in [0, 0.05) is 50.7 Å². The minimum atomic E-state index is -4.38. The van der Waals surface area contributed by atoms with E-state index in [-0.39, 0.29) is 0 Å². The summed E-state index contributed by atoms with van der Waals surface area (Å²) in [6.45, 7) is 4.82. The van der Waals surface area contributed by atoms with Gasteiger partial charge in [-0.3, -0.25) is 4.99 Å². The number of aliphatic imine (C=N–C) groups is 1. The molecule has 1 aromatic carbocycles. The number of guanidine groups is 1. The van der Waals surface area contributed by atoms with E-state index in [0.717, 1.165) is 42.6 Å². The zero-order valence-corrected chi connectivity index (χ0v) is 17.6. The number of halogens is 3. The first-order valence-electron chi connectivity index (χ1n) is 9.70. The van der Waals surface area contributed by atoms with Gasteiger partial charge in [-0.05, 0) is 31.9 Å². The van der Waals surface area contributed by atoms with Crippen molar-refractivity contribution in [2.45, 2.75) is 32.4 Å². The summed E-state index contributed by atoms with van der Waals surface area (Å²) in [6.07, 6.45) is -1.98. The van der Waals surface area contributed by atoms with Gasteiger partial charge < -0.3 is 15.5 Å². The Morgan fingerprint density at radius 3 is 2.59 bits per heavy atom. The number of rotatable bonds is 10. The molecular weight excluding hydrogens is 399 g/mol. The van der Waals surface area contributed by atoms with Crippen LogP contribution in [0.1, 0.15) is 30.5 Å². The second-order valence-corrected chi connectivity index (χ2v) is 7.47. The lowest BCUT2D eigenvalue weighted by Crippen LogP contribution is -2.38. The van der Waals surface area contributed by atoms with Crippen LogP contribution in [0.5, 0.6) is 0 Å². The molecule has 0 aliphatic heterocycles. The summed E-state index contributed by atoms with van der Waals surface area (Å²) in [6, 6.07) is 10.2. The lowest BCUT2D eigenvalue weighted by molar-refractivity contribution is -0.140. The number of thiazole rings is 1. The first-order chi connectivity index (χ1) is 13.9. The highest BCUT2D eigenvalue weighted by Gasteiger charge is 2.33. The number of nitrogens with zero attached hydrogens (tertiary/aromatic N) is 3. The molecule has 2 rings (SSSR count). The maximum absolute atomic E-state index is 12.6. The quantitative estimate of drug-likeness (QED) is 0.339. The molecule has 2 N–H and O–H groups in total. The van der Waals surface area contributed by atoms with E-state index in [4.69, 9.17) is 0 Å². The predicted octanol–water partition coefficient (Wildman–Crippen LogP) is 4.18. The Balaban J connectivity index is 1.70. The fourth-order valence-corrected chi connectivity index (χ4v) is 3.45. The largest absolute Gasteiger partial charge is 0.434 e. The molecule has 0 unspecified atom stereocenters. The van der Waals surface area contributed by atoms with Crippen LogP contribution in [-0.2, 0) is 12.6 Å². The van der Waals surface area contributed by atoms with Gasteiger partial charge in [0.15, 0.2) is 11.7 Å². The van der Waals surface area contributed by atoms with Gasteiger partial charge in [0.2, 0.25) is 0 Å². The minimum absolute atomic E-state index is 0.424. The van der Waals surface area contributed by atoms with E-state index < -0.39 is 11.9 Å². The van der Waals surface area contributed by atoms with Crippen LogP contribution in [0.4, 0.5) is 18.9 Å². The fourth-order valence-electron chi connectivity index (χ4n) is 2.65. The Hall–Kier alpha value is -2.29. The van der Waals surface area contributed by atoms with Gasteiger partial charge in [-0.2, -0.15) is 13.2 Å². The van der Waals surface area contributed by atoms with Crippen molar-refractivity contribution >= 4 is 23.0 Å². The van der Waals surface area contributed by atoms with Crippen LogP contribution in [0.15, 0.2) is 40.7 Å². The SMILES string of the molecule is CCNC(=NCCCCN(C)c1ccccc1)NCCc1nc(C(F)(F)F)cs1. The van der Waals surface area contributed by atoms with Crippen molar-refractivity contribution in [1.29, 1.82) is 0 Å². The van der Waals surface area contributed by atoms with E-state index >= 15 is 0 Å². The zero-order valence-electron chi connectivity index (χ0n) is 16.8. The molecule has 160 valence electrons. The third-order valence-electron chi connectivity index (χ3n) is 4.19. The minimum Gasteiger partial charge on any atom is -0.375 e. The average molecular weight is 428 g/mol. The van der Waals surface area contributed by atoms with Gasteiger partial charge in [0.05, 0.1) is 5.01 Å². The van der Waals surface area contributed by atoms with Crippen molar-refractivity contribution in [3.63, 3.8) is 0 Å². The molecule has 1 heterocycles. The molecule has 0 aliphatic rings. The van der Waals surface area contributed by atoms with Crippen LogP contribution in [0.3, 0.4) is 0 Å². The Kier molecular flexibility index (Phi) is 9.24. The average Bonchev–Trinajstić information content (AvgIpc) is 3.17. The molecule has 2 aromatic rings. The number of aromatic nitrogens is 1. The Morgan fingerprint density at radius 1 is 1.17 bits per heavy atom. The maximum atomic E-state index is 12.6. The fraction of sp³-hybridized carbons (Fsp3) is 0.500. The van der Waals surface area contributed by atoms with Crippen LogP contribution in [0.2, 0.25) is 0 Å². The number of hydrogen-bond acceptors (Lipinski definition) is 4. The van der Waals surface area contributed by atoms with Gasteiger partial charge in [-0.15, -0.1) is 11.3 Å². The molecule has 0 amide bonds. The topological polar surface area (TPSA) is 52.6 Å². The zero-order chi connectivity index (χ0) is 21.1. The molecule has 0 spiro atoms. The molecule has 0 bridgehead atoms. The first kappa shape index (κ1) is 23.0. The second kappa shape index (κ2) is 11.6. The highest BCUT2D eigenvalue weighted by atomic mass is 32.1. The van der Waals surface area contributed by atoms with Gasteiger partial charge in [0.1, 0.15) is 0 Å². The van der Waals surface area contributed by atoms with E-state index in [9.17, 15) is 13.2 Å². The Morgan fingerprint density at radius 2 is 1.93 bits per heavy atom. The maximum Gasteiger partial charge on any atom is 0.434 e. The van der Waals surface area contributed by atoms with Crippen LogP contribution in [0.25, 0.3) is 0 Å². The molecule has 0 saturated heterocycles. The van der Waals surface area contributed by atoms with Crippen molar-refractivity contribution in [1.82, 2.24) is 15.6 Å². The van der Waals surface area contributed by atoms with Crippen molar-refractivity contribution < 1.29 is 13.2 Å². The number of benzene rings is 1. The molecule has 0 atom stereocenters. The molecule has 0 aliphatic carbocycles. The van der Waals surface area contributed by atoms with Crippen LogP contribution in [-0.4, -0.2) is 44.2 Å². The normalized spacial score (nSPS) is 12.1. The predicted molar refractivity (Wildman–Crippen MR) is 114 cm³/mol. The summed E-state index contributed by atoms with van der Waals surface area (Å²) in [5.74, 6) is 0.677. The third kappa shape index (κ3) is 8.31. The number of nitrogens with one attached hydrogen (secondary N) is 2. The van der Waals surface area contributed by atoms with Gasteiger partial charge >= 0.3 is 6.18 Å². The molecule has 0 saturated carbocycles. The molecule has 9 heteroatoms. The highest BCUT2D eigenvalue weighted by Crippen LogP contribution is 2.29. The molecule has 0 radical (unpaired) electrons. The smallest absolute Gasteiger partial charge is 0.375 e. The number of unbranched alkanes of at least 4 members (excludes halogenated alkanes) is 1. The summed E-state index contributed by atoms with van der Waals surface area (Å²) in [5.41, 5.74) is 0.375. The van der Waals surface area contributed by atoms with Crippen LogP contribution < -0.4 is 15.5 Å². The number of alkyl halides is 3. The summed E-state index contributed by atoms with van der Waals surface area (Å²) < 4.78 is 37.8. The summed E-state index contributed by atoms with van der Waals surface area (Å²) in [4.78, 5) is 10.4. The van der Waals surface area contributed by atoms with Crippen molar-refractivity contribution in [3.05, 3.63) is 46.4 Å². The number of para-hydroxylation sites is 1. The summed E-state index contributed by atoms with van der Waals surface area (Å²) in [5, 5.41) is 7.83. The number of hydrogen-bond donors (Lipinski definition) is 2. The molecular formula is C20H28F3N5S. The lowest BCUT2D eigenvalue weighted by atomic mass is 10.2. The molecule has 0 fully saturated rings. The molecule has 29 heavy (non-hydrogen) atoms. The lowest BCUT2D eigenvalue weighted by Gasteiger charge is -2.18. The van der Waals surface area contributed by atoms with Gasteiger partial charge in [-0.25, -0.2) is 4.98 Å². The van der Waals surface area contributed by atoms with Crippen molar-refractivity contribution in [3.8, 4) is 0 Å². The third-order valence-corrected chi connectivity index (χ3v) is 5.09. The Labute approximate surface area is 174 Å². The first-order valence-corrected chi connectivity index (χ1v) is 10.6. The van der Waals surface area contributed by atoms with Crippen molar-refractivity contribution in [2.24, 2.45) is 4.99 Å². The van der Waals surface area contributed by atoms with E-state index in [0.29, 0.717) is 30.5 Å². The van der Waals surface area contributed by atoms with Crippen LogP contribution >= 0.6 is 11.3 Å². The summed E-state index contributed by atoms with van der Waals surface area (Å²) in [7, 11) is 2.08. The highest BCUT2D eigenvalue weighted by molar-refractivity contribution is 7.09. The van der Waals surface area contributed by atoms with E-state index in [1.165, 1.54) is 5.69 Å². The summed E-state index contributed by atoms with van der Waals surface area (Å²) >= 11 is 1.03. The van der Waals surface area contributed by atoms with E-state index in [1.807, 2.05) is 25.1 Å². The standard InChI is InChI=1S/C20H28F3N5S/c1-3-24-19(26-13-11-18-27-17(15-29-18)20(21,22)23)25-12-7-8-14-28(2)16-9-5-4-6-10-16/h4-6,9-10,15H,3,7-8,11-14H2,1-2H3,(H2,24,25,26). The van der Waals surface area contributed by atoms with E-state index in [2.05, 4.69) is 44.7 Å². The van der Waals surface area contributed by atoms with Gasteiger partial charge in [0.25, 0.3) is 0 Å². The molecule has 5 nitrogen and oxygen atoms in total. The van der Waals surface area contributed by atoms with Gasteiger partial charge in [-0.1, -0.05) is 18.2 Å². The van der Waals surface area contributed by atoms with Crippen molar-refractivity contribution in [2.75, 3.05) is 38.1 Å².